The van der Waals surface area contributed by atoms with Gasteiger partial charge in [-0.15, -0.1) is 0 Å². The van der Waals surface area contributed by atoms with E-state index >= 15 is 0 Å². The van der Waals surface area contributed by atoms with Crippen molar-refractivity contribution in [1.29, 1.82) is 0 Å². The number of piperidine rings is 1. The highest BCUT2D eigenvalue weighted by Gasteiger charge is 2.37. The van der Waals surface area contributed by atoms with Crippen LogP contribution >= 0.6 is 0 Å². The molecular weight excluding hydrogens is 405 g/mol. The lowest BCUT2D eigenvalue weighted by Gasteiger charge is -2.38. The van der Waals surface area contributed by atoms with Gasteiger partial charge < -0.3 is 9.64 Å². The molecule has 4 N–H and O–H groups in total. The molecule has 0 radical (unpaired) electrons. The van der Waals surface area contributed by atoms with Crippen LogP contribution in [0.3, 0.4) is 0 Å². The van der Waals surface area contributed by atoms with Crippen LogP contribution in [0.15, 0.2) is 48.5 Å². The lowest BCUT2D eigenvalue weighted by atomic mass is 9.80. The first-order chi connectivity index (χ1) is 15.7. The average Bonchev–Trinajstić information content (AvgIpc) is 3.50. The zero-order chi connectivity index (χ0) is 21.9. The Bertz CT molecular complexity index is 886. The molecule has 3 aliphatic rings. The molecule has 0 aromatic heterocycles. The van der Waals surface area contributed by atoms with Gasteiger partial charge in [0.15, 0.2) is 0 Å². The Hall–Kier alpha value is -2.03. The monoisotopic (exact) mass is 439 g/mol. The fraction of sp³-hybridized carbons (Fsp3) is 0.520. The molecule has 4 atom stereocenters. The van der Waals surface area contributed by atoms with E-state index in [2.05, 4.69) is 44.8 Å². The number of nitrogens with one attached hydrogen (secondary N) is 4. The van der Waals surface area contributed by atoms with Gasteiger partial charge in [-0.3, -0.25) is 16.3 Å². The summed E-state index contributed by atoms with van der Waals surface area (Å²) in [7, 11) is 1.70. The van der Waals surface area contributed by atoms with Gasteiger partial charge in [0, 0.05) is 37.5 Å². The smallest absolute Gasteiger partial charge is 0.123 e. The maximum atomic E-state index is 13.8. The molecule has 5 rings (SSSR count). The average molecular weight is 440 g/mol. The number of rotatable bonds is 6. The lowest BCUT2D eigenvalue weighted by Crippen LogP contribution is -2.45. The molecule has 6 nitrogen and oxygen atoms in total. The fourth-order valence-corrected chi connectivity index (χ4v) is 5.72. The number of ether oxygens (including phenoxy) is 1. The van der Waals surface area contributed by atoms with Gasteiger partial charge in [0.05, 0.1) is 13.2 Å². The molecule has 7 heteroatoms. The second-order valence-electron chi connectivity index (χ2n) is 9.39. The molecule has 2 aromatic carbocycles. The van der Waals surface area contributed by atoms with Crippen LogP contribution in [0.25, 0.3) is 0 Å². The second kappa shape index (κ2) is 9.85. The highest BCUT2D eigenvalue weighted by molar-refractivity contribution is 5.30. The molecule has 32 heavy (non-hydrogen) atoms. The lowest BCUT2D eigenvalue weighted by molar-refractivity contribution is 0.138. The van der Waals surface area contributed by atoms with Crippen molar-refractivity contribution in [2.75, 3.05) is 39.8 Å². The third-order valence-electron chi connectivity index (χ3n) is 7.50. The number of hydrogen-bond acceptors (Lipinski definition) is 6. The van der Waals surface area contributed by atoms with Crippen molar-refractivity contribution in [3.8, 4) is 5.75 Å². The van der Waals surface area contributed by atoms with Crippen LogP contribution in [0.2, 0.25) is 0 Å². The van der Waals surface area contributed by atoms with Gasteiger partial charge in [0.1, 0.15) is 11.6 Å². The van der Waals surface area contributed by atoms with Gasteiger partial charge in [-0.25, -0.2) is 9.82 Å². The Balaban J connectivity index is 1.17. The summed E-state index contributed by atoms with van der Waals surface area (Å²) in [6, 6.07) is 16.2. The van der Waals surface area contributed by atoms with Gasteiger partial charge >= 0.3 is 0 Å². The van der Waals surface area contributed by atoms with E-state index in [1.807, 2.05) is 18.2 Å². The Morgan fingerprint density at radius 2 is 1.75 bits per heavy atom. The van der Waals surface area contributed by atoms with E-state index in [9.17, 15) is 4.39 Å². The Kier molecular flexibility index (Phi) is 6.71. The van der Waals surface area contributed by atoms with E-state index in [4.69, 9.17) is 4.74 Å². The summed E-state index contributed by atoms with van der Waals surface area (Å²) in [5.74, 6) is 2.21. The molecule has 0 bridgehead atoms. The first-order valence-electron chi connectivity index (χ1n) is 11.8. The van der Waals surface area contributed by atoms with E-state index in [0.717, 1.165) is 44.0 Å². The van der Waals surface area contributed by atoms with Crippen molar-refractivity contribution >= 4 is 0 Å². The molecule has 3 saturated heterocycles. The van der Waals surface area contributed by atoms with Gasteiger partial charge in [-0.2, -0.15) is 0 Å². The Labute approximate surface area is 189 Å². The van der Waals surface area contributed by atoms with Crippen LogP contribution in [0, 0.1) is 17.7 Å². The van der Waals surface area contributed by atoms with Crippen LogP contribution in [-0.2, 0) is 0 Å². The summed E-state index contributed by atoms with van der Waals surface area (Å²) >= 11 is 0. The molecular formula is C25H34FN5O. The van der Waals surface area contributed by atoms with Crippen molar-refractivity contribution in [1.82, 2.24) is 26.6 Å². The molecule has 4 unspecified atom stereocenters. The van der Waals surface area contributed by atoms with Gasteiger partial charge in [0.25, 0.3) is 0 Å². The van der Waals surface area contributed by atoms with E-state index in [0.29, 0.717) is 29.8 Å². The van der Waals surface area contributed by atoms with Crippen molar-refractivity contribution < 1.29 is 9.13 Å². The minimum Gasteiger partial charge on any atom is -0.497 e. The number of likely N-dealkylation sites (tertiary alicyclic amines) is 1. The highest BCUT2D eigenvalue weighted by atomic mass is 19.1. The maximum absolute atomic E-state index is 13.8. The molecule has 2 aromatic rings. The van der Waals surface area contributed by atoms with Crippen LogP contribution < -0.4 is 26.4 Å². The normalized spacial score (nSPS) is 29.4. The van der Waals surface area contributed by atoms with Gasteiger partial charge in [-0.1, -0.05) is 24.3 Å². The number of hydrogen-bond donors (Lipinski definition) is 4. The quantitative estimate of drug-likeness (QED) is 0.555. The van der Waals surface area contributed by atoms with Crippen LogP contribution in [0.5, 0.6) is 5.75 Å². The van der Waals surface area contributed by atoms with Crippen LogP contribution in [-0.4, -0.2) is 50.8 Å². The predicted octanol–water partition coefficient (Wildman–Crippen LogP) is 2.57. The van der Waals surface area contributed by atoms with Crippen LogP contribution in [0.4, 0.5) is 4.39 Å². The highest BCUT2D eigenvalue weighted by Crippen LogP contribution is 2.34. The molecule has 0 spiro atoms. The molecule has 172 valence electrons. The van der Waals surface area contributed by atoms with E-state index < -0.39 is 0 Å². The van der Waals surface area contributed by atoms with Crippen molar-refractivity contribution in [3.05, 3.63) is 65.5 Å². The standard InChI is InChI=1S/C25H34FN5O/c1-32-22-7-5-17(6-8-22)24-20(14-27-29-24)16-31-11-9-18(10-12-31)25-23(15-28-30-25)19-3-2-4-21(26)13-19/h2-8,13,18,20,23-25,27-30H,9-12,14-16H2,1H3. The van der Waals surface area contributed by atoms with Crippen molar-refractivity contribution in [3.63, 3.8) is 0 Å². The number of hydrazine groups is 2. The first-order valence-corrected chi connectivity index (χ1v) is 11.8. The fourth-order valence-electron chi connectivity index (χ4n) is 5.72. The topological polar surface area (TPSA) is 60.6 Å². The Morgan fingerprint density at radius 1 is 0.969 bits per heavy atom. The van der Waals surface area contributed by atoms with Crippen molar-refractivity contribution in [2.45, 2.75) is 30.8 Å². The summed E-state index contributed by atoms with van der Waals surface area (Å²) in [6.45, 7) is 5.16. The zero-order valence-corrected chi connectivity index (χ0v) is 18.7. The molecule has 0 saturated carbocycles. The number of halogens is 1. The van der Waals surface area contributed by atoms with E-state index in [-0.39, 0.29) is 5.82 Å². The number of nitrogens with zero attached hydrogens (tertiary/aromatic N) is 1. The summed E-state index contributed by atoms with van der Waals surface area (Å²) < 4.78 is 19.1. The first kappa shape index (κ1) is 21.8. The molecule has 3 heterocycles. The third-order valence-corrected chi connectivity index (χ3v) is 7.50. The van der Waals surface area contributed by atoms with E-state index in [1.165, 1.54) is 24.5 Å². The van der Waals surface area contributed by atoms with Gasteiger partial charge in [0.2, 0.25) is 0 Å². The largest absolute Gasteiger partial charge is 0.497 e. The minimum atomic E-state index is -0.145. The predicted molar refractivity (Wildman–Crippen MR) is 124 cm³/mol. The summed E-state index contributed by atoms with van der Waals surface area (Å²) in [6.07, 6.45) is 2.35. The Morgan fingerprint density at radius 3 is 2.50 bits per heavy atom. The van der Waals surface area contributed by atoms with E-state index in [1.54, 1.807) is 13.2 Å². The number of methoxy groups -OCH3 is 1. The van der Waals surface area contributed by atoms with Crippen LogP contribution in [0.1, 0.15) is 35.9 Å². The summed E-state index contributed by atoms with van der Waals surface area (Å²) in [5, 5.41) is 0. The number of benzene rings is 2. The molecule has 3 aliphatic heterocycles. The summed E-state index contributed by atoms with van der Waals surface area (Å²) in [4.78, 5) is 2.62. The van der Waals surface area contributed by atoms with Crippen molar-refractivity contribution in [2.24, 2.45) is 11.8 Å². The maximum Gasteiger partial charge on any atom is 0.123 e. The summed E-state index contributed by atoms with van der Waals surface area (Å²) in [5.41, 5.74) is 16.1. The third kappa shape index (κ3) is 4.67. The molecule has 0 aliphatic carbocycles. The molecule has 0 amide bonds. The van der Waals surface area contributed by atoms with Gasteiger partial charge in [-0.05, 0) is 67.2 Å². The zero-order valence-electron chi connectivity index (χ0n) is 18.7. The SMILES string of the molecule is COc1ccc(C2NNCC2CN2CCC(C3NNCC3c3cccc(F)c3)CC2)cc1. The molecule has 3 fully saturated rings. The second-order valence-corrected chi connectivity index (χ2v) is 9.39. The minimum absolute atomic E-state index is 0.145.